The van der Waals surface area contributed by atoms with Crippen LogP contribution in [-0.4, -0.2) is 9.97 Å². The van der Waals surface area contributed by atoms with Gasteiger partial charge in [0.1, 0.15) is 0 Å². The van der Waals surface area contributed by atoms with E-state index in [1.54, 1.807) is 16.8 Å². The minimum atomic E-state index is -0.0206. The molecular weight excluding hydrogens is 228 g/mol. The highest BCUT2D eigenvalue weighted by Gasteiger charge is 2.10. The number of alkyl halides is 1. The lowest BCUT2D eigenvalue weighted by Crippen LogP contribution is -1.96. The normalized spacial score (nSPS) is 12.7. The first-order valence-corrected chi connectivity index (χ1v) is 6.01. The predicted octanol–water partition coefficient (Wildman–Crippen LogP) is 3.37. The lowest BCUT2D eigenvalue weighted by atomic mass is 10.2. The largest absolute Gasteiger partial charge is 0.261 e. The van der Waals surface area contributed by atoms with E-state index in [2.05, 4.69) is 16.0 Å². The summed E-state index contributed by atoms with van der Waals surface area (Å²) in [6.07, 6.45) is 4.44. The van der Waals surface area contributed by atoms with Crippen molar-refractivity contribution in [3.8, 4) is 0 Å². The van der Waals surface area contributed by atoms with Crippen molar-refractivity contribution in [3.63, 3.8) is 0 Å². The molecule has 78 valence electrons. The second-order valence-electron chi connectivity index (χ2n) is 3.40. The fourth-order valence-electron chi connectivity index (χ4n) is 1.28. The summed E-state index contributed by atoms with van der Waals surface area (Å²) in [5.41, 5.74) is 3.99. The minimum Gasteiger partial charge on any atom is -0.261 e. The van der Waals surface area contributed by atoms with Gasteiger partial charge in [-0.3, -0.25) is 9.97 Å². The number of nitrogens with zero attached hydrogens (tertiary/aromatic N) is 2. The molecule has 1 atom stereocenters. The Bertz CT molecular complexity index is 411. The van der Waals surface area contributed by atoms with Crippen LogP contribution in [0.4, 0.5) is 0 Å². The van der Waals surface area contributed by atoms with Gasteiger partial charge in [0.25, 0.3) is 0 Å². The average molecular weight is 239 g/mol. The second kappa shape index (κ2) is 4.73. The molecule has 0 aromatic carbocycles. The van der Waals surface area contributed by atoms with Gasteiger partial charge in [-0.2, -0.15) is 0 Å². The van der Waals surface area contributed by atoms with Crippen molar-refractivity contribution in [2.24, 2.45) is 0 Å². The van der Waals surface area contributed by atoms with Crippen LogP contribution in [0.1, 0.15) is 21.5 Å². The molecular formula is C11H11ClN2S. The van der Waals surface area contributed by atoms with E-state index in [9.17, 15) is 0 Å². The molecule has 0 amide bonds. The Hall–Kier alpha value is -0.930. The molecule has 2 nitrogen and oxygen atoms in total. The van der Waals surface area contributed by atoms with Crippen molar-refractivity contribution < 1.29 is 0 Å². The van der Waals surface area contributed by atoms with E-state index in [-0.39, 0.29) is 5.38 Å². The Kier molecular flexibility index (Phi) is 3.34. The van der Waals surface area contributed by atoms with Gasteiger partial charge in [0, 0.05) is 29.4 Å². The number of halogens is 1. The van der Waals surface area contributed by atoms with E-state index in [0.717, 1.165) is 17.0 Å². The number of thiazole rings is 1. The number of hydrogen-bond acceptors (Lipinski definition) is 3. The second-order valence-corrected chi connectivity index (χ2v) is 4.85. The van der Waals surface area contributed by atoms with Gasteiger partial charge < -0.3 is 0 Å². The van der Waals surface area contributed by atoms with E-state index in [0.29, 0.717) is 0 Å². The molecule has 2 heterocycles. The standard InChI is InChI=1S/C11H11ClN2S/c1-8-2-3-9(14-5-8)4-10(12)11-6-13-7-15-11/h2-3,5-7,10H,4H2,1H3. The maximum Gasteiger partial charge on any atom is 0.0794 e. The molecule has 0 spiro atoms. The number of aromatic nitrogens is 2. The van der Waals surface area contributed by atoms with Crippen LogP contribution in [0.15, 0.2) is 30.0 Å². The zero-order chi connectivity index (χ0) is 10.7. The van der Waals surface area contributed by atoms with Gasteiger partial charge in [-0.05, 0) is 18.6 Å². The topological polar surface area (TPSA) is 25.8 Å². The third-order valence-corrected chi connectivity index (χ3v) is 3.53. The van der Waals surface area contributed by atoms with Crippen LogP contribution in [0, 0.1) is 6.92 Å². The van der Waals surface area contributed by atoms with Crippen molar-refractivity contribution in [2.45, 2.75) is 18.7 Å². The minimum absolute atomic E-state index is 0.0206. The zero-order valence-corrected chi connectivity index (χ0v) is 9.92. The molecule has 0 saturated carbocycles. The Labute approximate surface area is 98.0 Å². The molecule has 0 aliphatic rings. The molecule has 0 aliphatic carbocycles. The molecule has 0 fully saturated rings. The number of rotatable bonds is 3. The predicted molar refractivity (Wildman–Crippen MR) is 63.4 cm³/mol. The van der Waals surface area contributed by atoms with Crippen LogP contribution in [0.25, 0.3) is 0 Å². The summed E-state index contributed by atoms with van der Waals surface area (Å²) in [7, 11) is 0. The molecule has 2 aromatic heterocycles. The van der Waals surface area contributed by atoms with Crippen LogP contribution in [0.5, 0.6) is 0 Å². The van der Waals surface area contributed by atoms with Crippen molar-refractivity contribution in [2.75, 3.05) is 0 Å². The van der Waals surface area contributed by atoms with Gasteiger partial charge in [0.15, 0.2) is 0 Å². The molecule has 0 aliphatic heterocycles. The average Bonchev–Trinajstić information content (AvgIpc) is 2.74. The summed E-state index contributed by atoms with van der Waals surface area (Å²) < 4.78 is 0. The van der Waals surface area contributed by atoms with Gasteiger partial charge in [0.2, 0.25) is 0 Å². The molecule has 0 radical (unpaired) electrons. The van der Waals surface area contributed by atoms with Gasteiger partial charge in [-0.15, -0.1) is 22.9 Å². The lowest BCUT2D eigenvalue weighted by Gasteiger charge is -2.05. The molecule has 1 unspecified atom stereocenters. The lowest BCUT2D eigenvalue weighted by molar-refractivity contribution is 0.891. The first-order chi connectivity index (χ1) is 7.25. The van der Waals surface area contributed by atoms with Crippen molar-refractivity contribution in [3.05, 3.63) is 46.2 Å². The summed E-state index contributed by atoms with van der Waals surface area (Å²) in [5.74, 6) is 0. The molecule has 2 rings (SSSR count). The molecule has 0 saturated heterocycles. The highest BCUT2D eigenvalue weighted by Crippen LogP contribution is 2.26. The fourth-order valence-corrected chi connectivity index (χ4v) is 2.25. The Morgan fingerprint density at radius 3 is 2.87 bits per heavy atom. The highest BCUT2D eigenvalue weighted by molar-refractivity contribution is 7.09. The summed E-state index contributed by atoms with van der Waals surface area (Å²) in [6.45, 7) is 2.03. The molecule has 0 bridgehead atoms. The van der Waals surface area contributed by atoms with Gasteiger partial charge in [0.05, 0.1) is 10.9 Å². The van der Waals surface area contributed by atoms with E-state index < -0.39 is 0 Å². The van der Waals surface area contributed by atoms with E-state index >= 15 is 0 Å². The van der Waals surface area contributed by atoms with Crippen LogP contribution >= 0.6 is 22.9 Å². The highest BCUT2D eigenvalue weighted by atomic mass is 35.5. The van der Waals surface area contributed by atoms with E-state index in [1.165, 1.54) is 5.56 Å². The Balaban J connectivity index is 2.06. The van der Waals surface area contributed by atoms with Crippen LogP contribution in [-0.2, 0) is 6.42 Å². The number of pyridine rings is 1. The Morgan fingerprint density at radius 1 is 1.40 bits per heavy atom. The third kappa shape index (κ3) is 2.76. The summed E-state index contributed by atoms with van der Waals surface area (Å²) in [4.78, 5) is 9.44. The van der Waals surface area contributed by atoms with Crippen molar-refractivity contribution in [1.82, 2.24) is 9.97 Å². The maximum atomic E-state index is 6.25. The fraction of sp³-hybridized carbons (Fsp3) is 0.273. The quantitative estimate of drug-likeness (QED) is 0.767. The first-order valence-electron chi connectivity index (χ1n) is 4.69. The van der Waals surface area contributed by atoms with Gasteiger partial charge in [-0.1, -0.05) is 6.07 Å². The van der Waals surface area contributed by atoms with E-state index in [4.69, 9.17) is 11.6 Å². The van der Waals surface area contributed by atoms with Crippen LogP contribution in [0.3, 0.4) is 0 Å². The SMILES string of the molecule is Cc1ccc(CC(Cl)c2cncs2)nc1. The molecule has 2 aromatic rings. The van der Waals surface area contributed by atoms with Crippen LogP contribution in [0.2, 0.25) is 0 Å². The Morgan fingerprint density at radius 2 is 2.27 bits per heavy atom. The van der Waals surface area contributed by atoms with E-state index in [1.807, 2.05) is 25.4 Å². The van der Waals surface area contributed by atoms with Crippen molar-refractivity contribution in [1.29, 1.82) is 0 Å². The summed E-state index contributed by atoms with van der Waals surface area (Å²) in [6, 6.07) is 4.07. The molecule has 15 heavy (non-hydrogen) atoms. The number of hydrogen-bond donors (Lipinski definition) is 0. The third-order valence-electron chi connectivity index (χ3n) is 2.12. The van der Waals surface area contributed by atoms with Crippen LogP contribution < -0.4 is 0 Å². The summed E-state index contributed by atoms with van der Waals surface area (Å²) in [5, 5.41) is -0.0206. The van der Waals surface area contributed by atoms with Gasteiger partial charge in [-0.25, -0.2) is 0 Å². The molecule has 0 N–H and O–H groups in total. The monoisotopic (exact) mass is 238 g/mol. The number of aryl methyl sites for hydroxylation is 1. The summed E-state index contributed by atoms with van der Waals surface area (Å²) >= 11 is 7.83. The maximum absolute atomic E-state index is 6.25. The van der Waals surface area contributed by atoms with Crippen molar-refractivity contribution >= 4 is 22.9 Å². The molecule has 4 heteroatoms. The zero-order valence-electron chi connectivity index (χ0n) is 8.35. The smallest absolute Gasteiger partial charge is 0.0794 e. The van der Waals surface area contributed by atoms with Gasteiger partial charge >= 0.3 is 0 Å². The first kappa shape index (κ1) is 10.6.